The molecule has 2 aromatic rings. The molecule has 0 saturated heterocycles. The number of nitrogens with one attached hydrogen (secondary N) is 1. The number of nitrogens with zero attached hydrogens (tertiary/aromatic N) is 1. The predicted molar refractivity (Wildman–Crippen MR) is 107 cm³/mol. The monoisotopic (exact) mass is 478 g/mol. The maximum atomic E-state index is 13.1. The molecule has 5 nitrogen and oxygen atoms in total. The number of benzene rings is 2. The van der Waals surface area contributed by atoms with E-state index < -0.39 is 25.6 Å². The number of carbonyl (C=O) groups is 1. The SMILES string of the molecule is CN(C)C(Cl)(Cl)C(NC(=O)c1cccc(Br)c1)S(=O)(=O)c1ccccc1. The fourth-order valence-corrected chi connectivity index (χ4v) is 5.03. The van der Waals surface area contributed by atoms with Crippen molar-refractivity contribution < 1.29 is 13.2 Å². The highest BCUT2D eigenvalue weighted by atomic mass is 79.9. The molecule has 0 heterocycles. The Bertz CT molecular complexity index is 890. The number of sulfone groups is 1. The highest BCUT2D eigenvalue weighted by molar-refractivity contribution is 9.10. The Hall–Kier alpha value is -1.12. The van der Waals surface area contributed by atoms with Gasteiger partial charge in [0.15, 0.2) is 5.37 Å². The first kappa shape index (κ1) is 21.2. The summed E-state index contributed by atoms with van der Waals surface area (Å²) in [6.07, 6.45) is 0. The molecule has 0 aliphatic heterocycles. The Morgan fingerprint density at radius 2 is 1.73 bits per heavy atom. The van der Waals surface area contributed by atoms with Crippen molar-refractivity contribution >= 4 is 54.9 Å². The van der Waals surface area contributed by atoms with Gasteiger partial charge in [0.1, 0.15) is 0 Å². The Kier molecular flexibility index (Phi) is 6.74. The summed E-state index contributed by atoms with van der Waals surface area (Å²) in [5, 5.41) is 0.872. The molecule has 2 rings (SSSR count). The number of halogens is 3. The van der Waals surface area contributed by atoms with Crippen LogP contribution in [0.25, 0.3) is 0 Å². The third kappa shape index (κ3) is 4.58. The molecule has 0 spiro atoms. The van der Waals surface area contributed by atoms with E-state index in [2.05, 4.69) is 21.2 Å². The molecule has 26 heavy (non-hydrogen) atoms. The van der Waals surface area contributed by atoms with Crippen LogP contribution < -0.4 is 5.32 Å². The highest BCUT2D eigenvalue weighted by Crippen LogP contribution is 2.34. The summed E-state index contributed by atoms with van der Waals surface area (Å²) in [6.45, 7) is 0. The van der Waals surface area contributed by atoms with E-state index in [1.54, 1.807) is 42.5 Å². The number of amides is 1. The van der Waals surface area contributed by atoms with Gasteiger partial charge in [0.05, 0.1) is 4.90 Å². The normalized spacial score (nSPS) is 13.5. The smallest absolute Gasteiger partial charge is 0.252 e. The van der Waals surface area contributed by atoms with Gasteiger partial charge in [-0.25, -0.2) is 8.42 Å². The maximum Gasteiger partial charge on any atom is 0.252 e. The van der Waals surface area contributed by atoms with Crippen LogP contribution in [0.3, 0.4) is 0 Å². The van der Waals surface area contributed by atoms with Gasteiger partial charge in [0, 0.05) is 10.0 Å². The molecule has 0 aliphatic rings. The molecule has 0 aromatic heterocycles. The van der Waals surface area contributed by atoms with Crippen LogP contribution in [0.5, 0.6) is 0 Å². The molecule has 1 N–H and O–H groups in total. The van der Waals surface area contributed by atoms with Crippen molar-refractivity contribution in [3.8, 4) is 0 Å². The number of likely N-dealkylation sites (N-methyl/N-ethyl adjacent to an activating group) is 1. The summed E-state index contributed by atoms with van der Waals surface area (Å²) in [4.78, 5) is 14.0. The lowest BCUT2D eigenvalue weighted by molar-refractivity contribution is 0.0936. The van der Waals surface area contributed by atoms with Gasteiger partial charge in [-0.3, -0.25) is 9.69 Å². The number of hydrogen-bond acceptors (Lipinski definition) is 4. The van der Waals surface area contributed by atoms with E-state index >= 15 is 0 Å². The second-order valence-corrected chi connectivity index (χ2v) is 10.00. The maximum absolute atomic E-state index is 13.1. The fourth-order valence-electron chi connectivity index (χ4n) is 2.16. The van der Waals surface area contributed by atoms with Gasteiger partial charge in [-0.05, 0) is 44.4 Å². The summed E-state index contributed by atoms with van der Waals surface area (Å²) in [5.74, 6) is -0.608. The Morgan fingerprint density at radius 3 is 2.27 bits per heavy atom. The Labute approximate surface area is 171 Å². The highest BCUT2D eigenvalue weighted by Gasteiger charge is 2.47. The third-order valence-corrected chi connectivity index (χ3v) is 7.52. The first-order chi connectivity index (χ1) is 12.1. The molecule has 0 fully saturated rings. The van der Waals surface area contributed by atoms with Crippen molar-refractivity contribution in [1.29, 1.82) is 0 Å². The number of hydrogen-bond donors (Lipinski definition) is 1. The Morgan fingerprint density at radius 1 is 1.12 bits per heavy atom. The van der Waals surface area contributed by atoms with Crippen molar-refractivity contribution in [2.75, 3.05) is 14.1 Å². The van der Waals surface area contributed by atoms with Gasteiger partial charge in [-0.2, -0.15) is 0 Å². The molecule has 2 aromatic carbocycles. The summed E-state index contributed by atoms with van der Waals surface area (Å²) in [5.41, 5.74) is 0.274. The largest absolute Gasteiger partial charge is 0.332 e. The van der Waals surface area contributed by atoms with Crippen LogP contribution in [-0.4, -0.2) is 43.2 Å². The van der Waals surface area contributed by atoms with Gasteiger partial charge in [-0.15, -0.1) is 0 Å². The average molecular weight is 480 g/mol. The number of carbonyl (C=O) groups excluding carboxylic acids is 1. The number of rotatable bonds is 6. The molecular weight excluding hydrogens is 463 g/mol. The lowest BCUT2D eigenvalue weighted by atomic mass is 10.2. The molecular formula is C17H17BrCl2N2O3S. The summed E-state index contributed by atoms with van der Waals surface area (Å²) in [7, 11) is -1.01. The topological polar surface area (TPSA) is 66.5 Å². The molecule has 0 radical (unpaired) electrons. The zero-order chi connectivity index (χ0) is 19.5. The zero-order valence-corrected chi connectivity index (χ0v) is 17.9. The zero-order valence-electron chi connectivity index (χ0n) is 14.0. The van der Waals surface area contributed by atoms with Crippen LogP contribution in [0.2, 0.25) is 0 Å². The standard InChI is InChI=1S/C17H17BrCl2N2O3S/c1-22(2)17(19,20)16(26(24,25)14-9-4-3-5-10-14)21-15(23)12-7-6-8-13(18)11-12/h3-11,16H,1-2H3,(H,21,23). The van der Waals surface area contributed by atoms with Crippen LogP contribution in [0, 0.1) is 0 Å². The molecule has 9 heteroatoms. The van der Waals surface area contributed by atoms with Gasteiger partial charge >= 0.3 is 0 Å². The second-order valence-electron chi connectivity index (χ2n) is 5.70. The fraction of sp³-hybridized carbons (Fsp3) is 0.235. The Balaban J connectivity index is 2.47. The minimum absolute atomic E-state index is 0.00654. The summed E-state index contributed by atoms with van der Waals surface area (Å²) >= 11 is 15.9. The molecule has 1 atom stereocenters. The van der Waals surface area contributed by atoms with Gasteiger partial charge < -0.3 is 5.32 Å². The first-order valence-electron chi connectivity index (χ1n) is 7.47. The van der Waals surface area contributed by atoms with E-state index in [0.29, 0.717) is 4.47 Å². The van der Waals surface area contributed by atoms with Crippen LogP contribution in [0.4, 0.5) is 0 Å². The number of alkyl halides is 2. The molecule has 140 valence electrons. The minimum atomic E-state index is -4.07. The van der Waals surface area contributed by atoms with Crippen molar-refractivity contribution in [2.24, 2.45) is 0 Å². The van der Waals surface area contributed by atoms with Crippen molar-refractivity contribution in [2.45, 2.75) is 14.7 Å². The van der Waals surface area contributed by atoms with Crippen molar-refractivity contribution in [3.05, 3.63) is 64.6 Å². The minimum Gasteiger partial charge on any atom is -0.332 e. The van der Waals surface area contributed by atoms with E-state index in [1.807, 2.05) is 0 Å². The van der Waals surface area contributed by atoms with E-state index in [-0.39, 0.29) is 10.5 Å². The van der Waals surface area contributed by atoms with Crippen molar-refractivity contribution in [1.82, 2.24) is 10.2 Å². The van der Waals surface area contributed by atoms with E-state index in [4.69, 9.17) is 23.2 Å². The third-order valence-electron chi connectivity index (χ3n) is 3.64. The average Bonchev–Trinajstić information content (AvgIpc) is 2.59. The summed E-state index contributed by atoms with van der Waals surface area (Å²) < 4.78 is 25.0. The second kappa shape index (κ2) is 8.27. The van der Waals surface area contributed by atoms with Crippen LogP contribution in [0.1, 0.15) is 10.4 Å². The van der Waals surface area contributed by atoms with E-state index in [9.17, 15) is 13.2 Å². The lowest BCUT2D eigenvalue weighted by Crippen LogP contribution is -2.57. The molecule has 1 amide bonds. The van der Waals surface area contributed by atoms with Crippen LogP contribution in [0.15, 0.2) is 64.0 Å². The quantitative estimate of drug-likeness (QED) is 0.507. The molecule has 0 bridgehead atoms. The molecule has 0 aliphatic carbocycles. The van der Waals surface area contributed by atoms with Crippen LogP contribution >= 0.6 is 39.1 Å². The van der Waals surface area contributed by atoms with E-state index in [0.717, 1.165) is 0 Å². The predicted octanol–water partition coefficient (Wildman–Crippen LogP) is 3.67. The van der Waals surface area contributed by atoms with Crippen molar-refractivity contribution in [3.63, 3.8) is 0 Å². The molecule has 1 unspecified atom stereocenters. The van der Waals surface area contributed by atoms with E-state index in [1.165, 1.54) is 31.1 Å². The lowest BCUT2D eigenvalue weighted by Gasteiger charge is -2.35. The van der Waals surface area contributed by atoms with Crippen LogP contribution in [-0.2, 0) is 9.84 Å². The van der Waals surface area contributed by atoms with Gasteiger partial charge in [-0.1, -0.05) is 63.4 Å². The molecule has 0 saturated carbocycles. The first-order valence-corrected chi connectivity index (χ1v) is 10.6. The van der Waals surface area contributed by atoms with Gasteiger partial charge in [0.25, 0.3) is 5.91 Å². The van der Waals surface area contributed by atoms with Gasteiger partial charge in [0.2, 0.25) is 14.3 Å². The summed E-state index contributed by atoms with van der Waals surface area (Å²) in [6, 6.07) is 14.3.